The van der Waals surface area contributed by atoms with Crippen LogP contribution in [0, 0.1) is 11.3 Å². The highest BCUT2D eigenvalue weighted by atomic mass is 32.2. The molecule has 2 aromatic rings. The third-order valence-corrected chi connectivity index (χ3v) is 5.85. The second-order valence-electron chi connectivity index (χ2n) is 4.34. The number of amides is 1. The van der Waals surface area contributed by atoms with Crippen molar-refractivity contribution in [3.8, 4) is 6.07 Å². The summed E-state index contributed by atoms with van der Waals surface area (Å²) in [4.78, 5) is 14.2. The van der Waals surface area contributed by atoms with E-state index in [1.807, 2.05) is 30.3 Å². The molecule has 5 nitrogen and oxygen atoms in total. The maximum Gasteiger partial charge on any atom is 0.237 e. The Bertz CT molecular complexity index is 669. The van der Waals surface area contributed by atoms with Gasteiger partial charge in [0.2, 0.25) is 5.91 Å². The van der Waals surface area contributed by atoms with Crippen molar-refractivity contribution in [2.45, 2.75) is 22.0 Å². The molecule has 0 aliphatic rings. The first-order valence-corrected chi connectivity index (χ1v) is 9.84. The number of para-hydroxylation sites is 1. The number of rotatable bonds is 8. The fourth-order valence-electron chi connectivity index (χ4n) is 1.81. The summed E-state index contributed by atoms with van der Waals surface area (Å²) in [5.41, 5.74) is 0.813. The SMILES string of the molecule is CCSc1nnc(SCC(=O)N(CCC#N)c2ccccc2)s1. The summed E-state index contributed by atoms with van der Waals surface area (Å²) in [5, 5.41) is 17.0. The molecule has 0 bridgehead atoms. The van der Waals surface area contributed by atoms with Crippen molar-refractivity contribution in [2.24, 2.45) is 0 Å². The molecular formula is C15H16N4OS3. The third-order valence-electron chi connectivity index (χ3n) is 2.79. The summed E-state index contributed by atoms with van der Waals surface area (Å²) in [6.45, 7) is 2.46. The first-order valence-electron chi connectivity index (χ1n) is 7.06. The minimum Gasteiger partial charge on any atom is -0.311 e. The molecule has 1 heterocycles. The Morgan fingerprint density at radius 1 is 1.26 bits per heavy atom. The molecule has 120 valence electrons. The predicted octanol–water partition coefficient (Wildman–Crippen LogP) is 3.69. The molecule has 0 saturated heterocycles. The Balaban J connectivity index is 1.98. The second-order valence-corrected chi connectivity index (χ2v) is 8.06. The molecule has 23 heavy (non-hydrogen) atoms. The highest BCUT2D eigenvalue weighted by molar-refractivity contribution is 8.03. The van der Waals surface area contributed by atoms with Crippen LogP contribution >= 0.6 is 34.9 Å². The molecule has 0 radical (unpaired) electrons. The van der Waals surface area contributed by atoms with Crippen molar-refractivity contribution in [3.05, 3.63) is 30.3 Å². The van der Waals surface area contributed by atoms with Gasteiger partial charge in [0.25, 0.3) is 0 Å². The summed E-state index contributed by atoms with van der Waals surface area (Å²) in [6, 6.07) is 11.5. The van der Waals surface area contributed by atoms with Crippen LogP contribution in [-0.2, 0) is 4.79 Å². The molecule has 1 amide bonds. The van der Waals surface area contributed by atoms with Gasteiger partial charge in [0.1, 0.15) is 0 Å². The Kier molecular flexibility index (Phi) is 7.39. The van der Waals surface area contributed by atoms with Gasteiger partial charge >= 0.3 is 0 Å². The van der Waals surface area contributed by atoms with Crippen molar-refractivity contribution in [1.82, 2.24) is 10.2 Å². The predicted molar refractivity (Wildman–Crippen MR) is 96.1 cm³/mol. The molecule has 0 spiro atoms. The zero-order valence-electron chi connectivity index (χ0n) is 12.6. The highest BCUT2D eigenvalue weighted by Crippen LogP contribution is 2.29. The first kappa shape index (κ1) is 17.8. The molecule has 1 aromatic heterocycles. The van der Waals surface area contributed by atoms with Gasteiger partial charge in [-0.1, -0.05) is 60.0 Å². The number of carbonyl (C=O) groups is 1. The molecule has 8 heteroatoms. The number of carbonyl (C=O) groups excluding carboxylic acids is 1. The van der Waals surface area contributed by atoms with Crippen LogP contribution in [0.15, 0.2) is 39.0 Å². The lowest BCUT2D eigenvalue weighted by atomic mass is 10.2. The molecule has 1 aromatic carbocycles. The average Bonchev–Trinajstić information content (AvgIpc) is 3.02. The first-order chi connectivity index (χ1) is 11.2. The van der Waals surface area contributed by atoms with Crippen LogP contribution in [0.1, 0.15) is 13.3 Å². The van der Waals surface area contributed by atoms with Crippen molar-refractivity contribution >= 4 is 46.5 Å². The molecule has 0 N–H and O–H groups in total. The van der Waals surface area contributed by atoms with Crippen LogP contribution < -0.4 is 4.90 Å². The summed E-state index contributed by atoms with van der Waals surface area (Å²) >= 11 is 4.54. The Hall–Kier alpha value is -1.56. The van der Waals surface area contributed by atoms with Crippen LogP contribution in [0.2, 0.25) is 0 Å². The molecule has 0 aliphatic heterocycles. The van der Waals surface area contributed by atoms with Crippen LogP contribution in [0.3, 0.4) is 0 Å². The summed E-state index contributed by atoms with van der Waals surface area (Å²) in [6.07, 6.45) is 0.307. The standard InChI is InChI=1S/C15H16N4OS3/c1-2-21-14-17-18-15(23-14)22-11-13(20)19(10-6-9-16)12-7-4-3-5-8-12/h3-5,7-8H,2,6,10-11H2,1H3. The normalized spacial score (nSPS) is 10.3. The van der Waals surface area contributed by atoms with Crippen LogP contribution in [0.5, 0.6) is 0 Å². The van der Waals surface area contributed by atoms with Gasteiger partial charge in [-0.05, 0) is 17.9 Å². The lowest BCUT2D eigenvalue weighted by molar-refractivity contribution is -0.116. The summed E-state index contributed by atoms with van der Waals surface area (Å²) in [7, 11) is 0. The minimum absolute atomic E-state index is 0.0312. The monoisotopic (exact) mass is 364 g/mol. The quantitative estimate of drug-likeness (QED) is 0.665. The van der Waals surface area contributed by atoms with Crippen LogP contribution in [0.4, 0.5) is 5.69 Å². The molecule has 2 rings (SSSR count). The number of aromatic nitrogens is 2. The van der Waals surface area contributed by atoms with E-state index in [1.165, 1.54) is 23.1 Å². The number of nitrogens with zero attached hydrogens (tertiary/aromatic N) is 4. The minimum atomic E-state index is -0.0312. The largest absolute Gasteiger partial charge is 0.311 e. The smallest absolute Gasteiger partial charge is 0.237 e. The number of anilines is 1. The number of hydrogen-bond donors (Lipinski definition) is 0. The topological polar surface area (TPSA) is 69.9 Å². The molecular weight excluding hydrogens is 348 g/mol. The second kappa shape index (κ2) is 9.55. The van der Waals surface area contributed by atoms with E-state index in [4.69, 9.17) is 5.26 Å². The van der Waals surface area contributed by atoms with Gasteiger partial charge < -0.3 is 4.90 Å². The molecule has 0 fully saturated rings. The van der Waals surface area contributed by atoms with E-state index in [1.54, 1.807) is 16.7 Å². The van der Waals surface area contributed by atoms with Crippen molar-refractivity contribution in [3.63, 3.8) is 0 Å². The number of hydrogen-bond acceptors (Lipinski definition) is 7. The maximum absolute atomic E-state index is 12.5. The van der Waals surface area contributed by atoms with Crippen molar-refractivity contribution in [2.75, 3.05) is 23.0 Å². The third kappa shape index (κ3) is 5.53. The van der Waals surface area contributed by atoms with Gasteiger partial charge in [-0.15, -0.1) is 10.2 Å². The van der Waals surface area contributed by atoms with Crippen molar-refractivity contribution in [1.29, 1.82) is 5.26 Å². The van der Waals surface area contributed by atoms with Gasteiger partial charge in [0.05, 0.1) is 18.2 Å². The Morgan fingerprint density at radius 2 is 1.96 bits per heavy atom. The zero-order chi connectivity index (χ0) is 16.5. The number of benzene rings is 1. The van der Waals surface area contributed by atoms with E-state index in [0.29, 0.717) is 13.0 Å². The van der Waals surface area contributed by atoms with Gasteiger partial charge in [-0.3, -0.25) is 4.79 Å². The Labute approximate surface area is 148 Å². The highest BCUT2D eigenvalue weighted by Gasteiger charge is 2.16. The summed E-state index contributed by atoms with van der Waals surface area (Å²) < 4.78 is 1.72. The maximum atomic E-state index is 12.5. The van der Waals surface area contributed by atoms with E-state index in [2.05, 4.69) is 23.2 Å². The fraction of sp³-hybridized carbons (Fsp3) is 0.333. The lowest BCUT2D eigenvalue weighted by Gasteiger charge is -2.21. The van der Waals surface area contributed by atoms with E-state index >= 15 is 0 Å². The Morgan fingerprint density at radius 3 is 2.61 bits per heavy atom. The van der Waals surface area contributed by atoms with E-state index in [0.717, 1.165) is 20.1 Å². The average molecular weight is 365 g/mol. The van der Waals surface area contributed by atoms with E-state index < -0.39 is 0 Å². The van der Waals surface area contributed by atoms with Gasteiger partial charge in [-0.2, -0.15) is 5.26 Å². The molecule has 0 atom stereocenters. The lowest BCUT2D eigenvalue weighted by Crippen LogP contribution is -2.33. The fourth-order valence-corrected chi connectivity index (χ4v) is 4.60. The molecule has 0 unspecified atom stereocenters. The van der Waals surface area contributed by atoms with Crippen LogP contribution in [0.25, 0.3) is 0 Å². The molecule has 0 saturated carbocycles. The van der Waals surface area contributed by atoms with Crippen molar-refractivity contribution < 1.29 is 4.79 Å². The van der Waals surface area contributed by atoms with E-state index in [9.17, 15) is 4.79 Å². The molecule has 0 aliphatic carbocycles. The van der Waals surface area contributed by atoms with E-state index in [-0.39, 0.29) is 11.7 Å². The van der Waals surface area contributed by atoms with Crippen LogP contribution in [-0.4, -0.2) is 34.2 Å². The summed E-state index contributed by atoms with van der Waals surface area (Å²) in [5.74, 6) is 1.20. The number of thioether (sulfide) groups is 2. The zero-order valence-corrected chi connectivity index (χ0v) is 15.1. The van der Waals surface area contributed by atoms with Gasteiger partial charge in [0, 0.05) is 12.2 Å². The number of nitriles is 1. The van der Waals surface area contributed by atoms with Gasteiger partial charge in [0.15, 0.2) is 8.68 Å². The van der Waals surface area contributed by atoms with Gasteiger partial charge in [-0.25, -0.2) is 0 Å².